The summed E-state index contributed by atoms with van der Waals surface area (Å²) >= 11 is 5.14. The first-order valence-corrected chi connectivity index (χ1v) is 9.33. The van der Waals surface area contributed by atoms with Crippen LogP contribution in [0.1, 0.15) is 24.5 Å². The van der Waals surface area contributed by atoms with Crippen molar-refractivity contribution in [1.29, 1.82) is 0 Å². The van der Waals surface area contributed by atoms with Crippen LogP contribution in [0.2, 0.25) is 0 Å². The molecular weight excluding hydrogens is 379 g/mol. The molecule has 1 aromatic heterocycles. The Morgan fingerprint density at radius 1 is 1.36 bits per heavy atom. The first-order chi connectivity index (χ1) is 11.5. The molecule has 2 aromatic rings. The van der Waals surface area contributed by atoms with Crippen LogP contribution in [0.25, 0.3) is 0 Å². The summed E-state index contributed by atoms with van der Waals surface area (Å²) in [5.74, 6) is 0.172. The highest BCUT2D eigenvalue weighted by atomic mass is 32.2. The van der Waals surface area contributed by atoms with Gasteiger partial charge in [0.15, 0.2) is 9.84 Å². The lowest BCUT2D eigenvalue weighted by atomic mass is 10.1. The average Bonchev–Trinajstić information content (AvgIpc) is 2.92. The molecule has 0 aliphatic heterocycles. The monoisotopic (exact) mass is 393 g/mol. The van der Waals surface area contributed by atoms with Crippen LogP contribution in [0, 0.1) is 0 Å². The second-order valence-electron chi connectivity index (χ2n) is 5.16. The molecule has 0 radical (unpaired) electrons. The van der Waals surface area contributed by atoms with Crippen LogP contribution >= 0.6 is 12.2 Å². The molecule has 12 heteroatoms. The minimum atomic E-state index is -4.67. The molecule has 0 fully saturated rings. The molecule has 0 bridgehead atoms. The van der Waals surface area contributed by atoms with Crippen molar-refractivity contribution in [3.05, 3.63) is 29.3 Å². The fraction of sp³-hybridized carbons (Fsp3) is 0.385. The second kappa shape index (κ2) is 7.04. The van der Waals surface area contributed by atoms with Crippen LogP contribution in [0.15, 0.2) is 23.1 Å². The Kier molecular flexibility index (Phi) is 5.42. The standard InChI is InChI=1S/C13H14F3N5O2S2/c1-3-6-21-12(18-19-20-21)17-11(24)9-5-4-8(13(14,15)16)7-10(9)25(2,22)23/h4-5,7H,3,6H2,1-2H3,(H,17,18,20,24). The van der Waals surface area contributed by atoms with E-state index in [-0.39, 0.29) is 16.5 Å². The van der Waals surface area contributed by atoms with Gasteiger partial charge < -0.3 is 5.32 Å². The summed E-state index contributed by atoms with van der Waals surface area (Å²) in [6.07, 6.45) is -3.12. The van der Waals surface area contributed by atoms with E-state index in [1.807, 2.05) is 6.92 Å². The van der Waals surface area contributed by atoms with Crippen molar-refractivity contribution in [1.82, 2.24) is 20.2 Å². The van der Waals surface area contributed by atoms with E-state index in [0.717, 1.165) is 24.8 Å². The van der Waals surface area contributed by atoms with Gasteiger partial charge in [-0.1, -0.05) is 30.3 Å². The fourth-order valence-electron chi connectivity index (χ4n) is 2.02. The summed E-state index contributed by atoms with van der Waals surface area (Å²) in [5, 5.41) is 13.6. The number of aryl methyl sites for hydroxylation is 1. The van der Waals surface area contributed by atoms with Gasteiger partial charge in [-0.05, 0) is 29.0 Å². The van der Waals surface area contributed by atoms with Crippen molar-refractivity contribution in [2.45, 2.75) is 31.0 Å². The van der Waals surface area contributed by atoms with Gasteiger partial charge in [0.1, 0.15) is 4.99 Å². The topological polar surface area (TPSA) is 89.8 Å². The highest BCUT2D eigenvalue weighted by Crippen LogP contribution is 2.32. The molecule has 0 unspecified atom stereocenters. The Morgan fingerprint density at radius 2 is 2.04 bits per heavy atom. The molecule has 1 heterocycles. The molecular formula is C13H14F3N5O2S2. The lowest BCUT2D eigenvalue weighted by molar-refractivity contribution is -0.137. The zero-order chi connectivity index (χ0) is 18.8. The third-order valence-corrected chi connectivity index (χ3v) is 4.60. The van der Waals surface area contributed by atoms with Crippen LogP contribution in [-0.2, 0) is 22.6 Å². The summed E-state index contributed by atoms with van der Waals surface area (Å²) in [6.45, 7) is 2.39. The first-order valence-electron chi connectivity index (χ1n) is 7.03. The second-order valence-corrected chi connectivity index (χ2v) is 7.55. The zero-order valence-electron chi connectivity index (χ0n) is 13.2. The summed E-state index contributed by atoms with van der Waals surface area (Å²) < 4.78 is 63.8. The molecule has 0 amide bonds. The van der Waals surface area contributed by atoms with Gasteiger partial charge in [0.05, 0.1) is 10.5 Å². The normalized spacial score (nSPS) is 12.2. The largest absolute Gasteiger partial charge is 0.416 e. The first kappa shape index (κ1) is 19.2. The fourth-order valence-corrected chi connectivity index (χ4v) is 3.26. The highest BCUT2D eigenvalue weighted by Gasteiger charge is 2.32. The molecule has 25 heavy (non-hydrogen) atoms. The Hall–Kier alpha value is -2.08. The number of benzene rings is 1. The van der Waals surface area contributed by atoms with Crippen molar-refractivity contribution in [3.8, 4) is 0 Å². The zero-order valence-corrected chi connectivity index (χ0v) is 14.8. The Labute approximate surface area is 147 Å². The van der Waals surface area contributed by atoms with E-state index in [9.17, 15) is 21.6 Å². The quantitative estimate of drug-likeness (QED) is 0.780. The summed E-state index contributed by atoms with van der Waals surface area (Å²) in [6, 6.07) is 2.35. The maximum absolute atomic E-state index is 12.9. The van der Waals surface area contributed by atoms with Gasteiger partial charge in [0.25, 0.3) is 0 Å². The van der Waals surface area contributed by atoms with E-state index in [4.69, 9.17) is 12.2 Å². The number of rotatable bonds is 5. The van der Waals surface area contributed by atoms with Crippen molar-refractivity contribution >= 4 is 33.0 Å². The predicted molar refractivity (Wildman–Crippen MR) is 88.0 cm³/mol. The smallest absolute Gasteiger partial charge is 0.313 e. The lowest BCUT2D eigenvalue weighted by Crippen LogP contribution is -2.19. The van der Waals surface area contributed by atoms with E-state index in [0.29, 0.717) is 12.6 Å². The summed E-state index contributed by atoms with van der Waals surface area (Å²) in [5.41, 5.74) is -1.13. The van der Waals surface area contributed by atoms with E-state index in [1.54, 1.807) is 0 Å². The average molecular weight is 393 g/mol. The molecule has 0 saturated carbocycles. The molecule has 1 aromatic carbocycles. The van der Waals surface area contributed by atoms with Crippen molar-refractivity contribution in [3.63, 3.8) is 0 Å². The van der Waals surface area contributed by atoms with E-state index >= 15 is 0 Å². The minimum Gasteiger partial charge on any atom is -0.313 e. The summed E-state index contributed by atoms with van der Waals surface area (Å²) in [4.78, 5) is -0.615. The molecule has 0 spiro atoms. The molecule has 1 N–H and O–H groups in total. The van der Waals surface area contributed by atoms with Gasteiger partial charge in [-0.3, -0.25) is 0 Å². The molecule has 0 aliphatic carbocycles. The number of hydrogen-bond donors (Lipinski definition) is 1. The van der Waals surface area contributed by atoms with E-state index in [2.05, 4.69) is 20.8 Å². The number of halogens is 3. The number of anilines is 1. The SMILES string of the molecule is CCCn1nnnc1NC(=S)c1ccc(C(F)(F)F)cc1S(C)(=O)=O. The third kappa shape index (κ3) is 4.51. The maximum Gasteiger partial charge on any atom is 0.416 e. The Morgan fingerprint density at radius 3 is 2.60 bits per heavy atom. The number of thiocarbonyl (C=S) groups is 1. The van der Waals surface area contributed by atoms with Crippen LogP contribution in [-0.4, -0.2) is 39.9 Å². The number of tetrazole rings is 1. The maximum atomic E-state index is 12.9. The molecule has 2 rings (SSSR count). The third-order valence-electron chi connectivity index (χ3n) is 3.15. The number of alkyl halides is 3. The van der Waals surface area contributed by atoms with Gasteiger partial charge in [0, 0.05) is 18.4 Å². The molecule has 0 saturated heterocycles. The Balaban J connectivity index is 2.44. The van der Waals surface area contributed by atoms with Gasteiger partial charge in [0.2, 0.25) is 5.95 Å². The molecule has 7 nitrogen and oxygen atoms in total. The van der Waals surface area contributed by atoms with Gasteiger partial charge in [-0.25, -0.2) is 13.1 Å². The van der Waals surface area contributed by atoms with Crippen LogP contribution < -0.4 is 5.32 Å². The number of aromatic nitrogens is 4. The predicted octanol–water partition coefficient (Wildman–Crippen LogP) is 2.29. The van der Waals surface area contributed by atoms with Crippen LogP contribution in [0.4, 0.5) is 19.1 Å². The lowest BCUT2D eigenvalue weighted by Gasteiger charge is -2.14. The number of sulfone groups is 1. The Bertz CT molecular complexity index is 893. The highest BCUT2D eigenvalue weighted by molar-refractivity contribution is 7.91. The van der Waals surface area contributed by atoms with Crippen molar-refractivity contribution in [2.75, 3.05) is 11.6 Å². The van der Waals surface area contributed by atoms with Crippen LogP contribution in [0.3, 0.4) is 0 Å². The molecule has 0 aliphatic rings. The van der Waals surface area contributed by atoms with Crippen molar-refractivity contribution in [2.24, 2.45) is 0 Å². The van der Waals surface area contributed by atoms with Gasteiger partial charge >= 0.3 is 6.18 Å². The molecule has 0 atom stereocenters. The molecule has 136 valence electrons. The van der Waals surface area contributed by atoms with Gasteiger partial charge in [-0.15, -0.1) is 0 Å². The number of hydrogen-bond acceptors (Lipinski definition) is 6. The number of nitrogens with one attached hydrogen (secondary N) is 1. The van der Waals surface area contributed by atoms with Crippen molar-refractivity contribution < 1.29 is 21.6 Å². The van der Waals surface area contributed by atoms with E-state index in [1.165, 1.54) is 4.68 Å². The summed E-state index contributed by atoms with van der Waals surface area (Å²) in [7, 11) is -3.95. The van der Waals surface area contributed by atoms with Gasteiger partial charge in [-0.2, -0.15) is 13.2 Å². The minimum absolute atomic E-state index is 0.0588. The number of nitrogens with zero attached hydrogens (tertiary/aromatic N) is 4. The van der Waals surface area contributed by atoms with E-state index < -0.39 is 26.5 Å². The van der Waals surface area contributed by atoms with Crippen LogP contribution in [0.5, 0.6) is 0 Å².